The van der Waals surface area contributed by atoms with Crippen molar-refractivity contribution in [2.75, 3.05) is 5.73 Å². The summed E-state index contributed by atoms with van der Waals surface area (Å²) in [4.78, 5) is 1.14. The summed E-state index contributed by atoms with van der Waals surface area (Å²) < 4.78 is 5.37. The Labute approximate surface area is 99.3 Å². The third kappa shape index (κ3) is 1.97. The van der Waals surface area contributed by atoms with E-state index in [0.29, 0.717) is 11.7 Å². The van der Waals surface area contributed by atoms with Gasteiger partial charge in [-0.2, -0.15) is 0 Å². The molecule has 0 aliphatic heterocycles. The molecule has 1 atom stereocenters. The van der Waals surface area contributed by atoms with Crippen molar-refractivity contribution in [2.24, 2.45) is 0 Å². The zero-order valence-electron chi connectivity index (χ0n) is 9.56. The minimum absolute atomic E-state index is 0.367. The van der Waals surface area contributed by atoms with E-state index in [1.54, 1.807) is 11.3 Å². The maximum absolute atomic E-state index is 5.87. The van der Waals surface area contributed by atoms with Crippen LogP contribution in [0.15, 0.2) is 22.0 Å². The fourth-order valence-corrected chi connectivity index (χ4v) is 2.67. The van der Waals surface area contributed by atoms with Crippen LogP contribution in [0, 0.1) is 0 Å². The van der Waals surface area contributed by atoms with Crippen molar-refractivity contribution in [1.29, 1.82) is 0 Å². The predicted octanol–water partition coefficient (Wildman–Crippen LogP) is 3.89. The molecule has 0 saturated heterocycles. The van der Waals surface area contributed by atoms with Crippen LogP contribution in [0.3, 0.4) is 0 Å². The number of aromatic nitrogens is 1. The zero-order chi connectivity index (χ0) is 11.5. The number of thiophene rings is 1. The lowest BCUT2D eigenvalue weighted by Crippen LogP contribution is -1.94. The molecular formula is C12H16N2OS. The molecule has 0 radical (unpaired) electrons. The molecule has 0 aliphatic rings. The molecule has 2 heterocycles. The van der Waals surface area contributed by atoms with Gasteiger partial charge in [0.05, 0.1) is 5.56 Å². The Hall–Kier alpha value is -1.29. The fourth-order valence-electron chi connectivity index (χ4n) is 1.88. The first-order chi connectivity index (χ1) is 7.74. The van der Waals surface area contributed by atoms with Gasteiger partial charge in [-0.25, -0.2) is 0 Å². The zero-order valence-corrected chi connectivity index (χ0v) is 10.4. The van der Waals surface area contributed by atoms with E-state index in [1.165, 1.54) is 0 Å². The Morgan fingerprint density at radius 1 is 1.56 bits per heavy atom. The van der Waals surface area contributed by atoms with Crippen LogP contribution in [0.25, 0.3) is 10.4 Å². The number of hydrogen-bond acceptors (Lipinski definition) is 4. The highest BCUT2D eigenvalue weighted by Gasteiger charge is 2.21. The van der Waals surface area contributed by atoms with Crippen LogP contribution >= 0.6 is 11.3 Å². The van der Waals surface area contributed by atoms with Gasteiger partial charge >= 0.3 is 0 Å². The Morgan fingerprint density at radius 2 is 2.38 bits per heavy atom. The van der Waals surface area contributed by atoms with Gasteiger partial charge in [-0.1, -0.05) is 31.5 Å². The lowest BCUT2D eigenvalue weighted by Gasteiger charge is -2.07. The topological polar surface area (TPSA) is 52.0 Å². The number of nitrogen functional groups attached to an aromatic ring is 1. The molecule has 3 nitrogen and oxygen atoms in total. The molecule has 2 aromatic heterocycles. The third-order valence-electron chi connectivity index (χ3n) is 2.68. The van der Waals surface area contributed by atoms with E-state index < -0.39 is 0 Å². The van der Waals surface area contributed by atoms with Gasteiger partial charge in [0.1, 0.15) is 5.76 Å². The maximum Gasteiger partial charge on any atom is 0.175 e. The van der Waals surface area contributed by atoms with E-state index in [9.17, 15) is 0 Å². The summed E-state index contributed by atoms with van der Waals surface area (Å²) >= 11 is 1.66. The molecule has 0 spiro atoms. The first kappa shape index (κ1) is 11.2. The Bertz CT molecular complexity index is 448. The predicted molar refractivity (Wildman–Crippen MR) is 67.6 cm³/mol. The average Bonchev–Trinajstić information content (AvgIpc) is 2.86. The van der Waals surface area contributed by atoms with Crippen LogP contribution in [0.2, 0.25) is 0 Å². The quantitative estimate of drug-likeness (QED) is 0.876. The Kier molecular flexibility index (Phi) is 3.29. The van der Waals surface area contributed by atoms with Gasteiger partial charge < -0.3 is 10.3 Å². The smallest absolute Gasteiger partial charge is 0.175 e. The normalized spacial score (nSPS) is 12.9. The van der Waals surface area contributed by atoms with E-state index in [1.807, 2.05) is 11.4 Å². The second kappa shape index (κ2) is 4.70. The van der Waals surface area contributed by atoms with Crippen LogP contribution in [0.5, 0.6) is 0 Å². The molecule has 86 valence electrons. The molecular weight excluding hydrogens is 220 g/mol. The van der Waals surface area contributed by atoms with E-state index in [2.05, 4.69) is 25.1 Å². The number of nitrogens with zero attached hydrogens (tertiary/aromatic N) is 1. The van der Waals surface area contributed by atoms with Crippen LogP contribution in [0.4, 0.5) is 5.82 Å². The van der Waals surface area contributed by atoms with E-state index in [0.717, 1.165) is 29.0 Å². The summed E-state index contributed by atoms with van der Waals surface area (Å²) in [6, 6.07) is 4.07. The number of rotatable bonds is 4. The van der Waals surface area contributed by atoms with Gasteiger partial charge in [-0.05, 0) is 17.9 Å². The summed E-state index contributed by atoms with van der Waals surface area (Å²) in [7, 11) is 0. The molecule has 4 heteroatoms. The molecule has 2 aromatic rings. The van der Waals surface area contributed by atoms with E-state index in [4.69, 9.17) is 10.3 Å². The minimum atomic E-state index is 0.367. The van der Waals surface area contributed by atoms with Crippen LogP contribution in [-0.2, 0) is 0 Å². The summed E-state index contributed by atoms with van der Waals surface area (Å²) in [6.07, 6.45) is 2.22. The van der Waals surface area contributed by atoms with Crippen molar-refractivity contribution in [3.63, 3.8) is 0 Å². The lowest BCUT2D eigenvalue weighted by atomic mass is 9.99. The van der Waals surface area contributed by atoms with Crippen molar-refractivity contribution in [2.45, 2.75) is 32.6 Å². The SMILES string of the molecule is CCCC(C)c1onc(N)c1-c1cccs1. The van der Waals surface area contributed by atoms with Gasteiger partial charge in [-0.3, -0.25) is 0 Å². The van der Waals surface area contributed by atoms with Gasteiger partial charge in [0.25, 0.3) is 0 Å². The molecule has 16 heavy (non-hydrogen) atoms. The summed E-state index contributed by atoms with van der Waals surface area (Å²) in [5.74, 6) is 1.79. The molecule has 2 N–H and O–H groups in total. The van der Waals surface area contributed by atoms with E-state index >= 15 is 0 Å². The maximum atomic E-state index is 5.87. The van der Waals surface area contributed by atoms with Crippen molar-refractivity contribution < 1.29 is 4.52 Å². The molecule has 0 bridgehead atoms. The number of hydrogen-bond donors (Lipinski definition) is 1. The highest BCUT2D eigenvalue weighted by atomic mass is 32.1. The Balaban J connectivity index is 2.40. The monoisotopic (exact) mass is 236 g/mol. The Morgan fingerprint density at radius 3 is 3.00 bits per heavy atom. The standard InChI is InChI=1S/C12H16N2OS/c1-3-5-8(2)11-10(12(13)14-15-11)9-6-4-7-16-9/h4,6-8H,3,5H2,1-2H3,(H2,13,14). The van der Waals surface area contributed by atoms with Crippen molar-refractivity contribution in [1.82, 2.24) is 5.16 Å². The van der Waals surface area contributed by atoms with Crippen molar-refractivity contribution in [3.05, 3.63) is 23.3 Å². The van der Waals surface area contributed by atoms with Crippen LogP contribution in [0.1, 0.15) is 38.4 Å². The van der Waals surface area contributed by atoms with Gasteiger partial charge in [-0.15, -0.1) is 11.3 Å². The second-order valence-corrected chi connectivity index (χ2v) is 4.92. The molecule has 2 rings (SSSR count). The first-order valence-corrected chi connectivity index (χ1v) is 6.41. The molecule has 1 unspecified atom stereocenters. The second-order valence-electron chi connectivity index (χ2n) is 3.97. The third-order valence-corrected chi connectivity index (χ3v) is 3.57. The summed E-state index contributed by atoms with van der Waals surface area (Å²) in [6.45, 7) is 4.32. The minimum Gasteiger partial charge on any atom is -0.380 e. The van der Waals surface area contributed by atoms with Crippen LogP contribution in [-0.4, -0.2) is 5.16 Å². The van der Waals surface area contributed by atoms with Crippen molar-refractivity contribution >= 4 is 17.2 Å². The van der Waals surface area contributed by atoms with Gasteiger partial charge in [0.15, 0.2) is 5.82 Å². The summed E-state index contributed by atoms with van der Waals surface area (Å²) in [5.41, 5.74) is 6.85. The van der Waals surface area contributed by atoms with Crippen LogP contribution < -0.4 is 5.73 Å². The van der Waals surface area contributed by atoms with Crippen molar-refractivity contribution in [3.8, 4) is 10.4 Å². The highest BCUT2D eigenvalue weighted by molar-refractivity contribution is 7.13. The number of nitrogens with two attached hydrogens (primary N) is 1. The molecule has 0 amide bonds. The molecule has 0 aliphatic carbocycles. The molecule has 0 aromatic carbocycles. The molecule has 0 saturated carbocycles. The summed E-state index contributed by atoms with van der Waals surface area (Å²) in [5, 5.41) is 5.92. The number of anilines is 1. The largest absolute Gasteiger partial charge is 0.380 e. The average molecular weight is 236 g/mol. The van der Waals surface area contributed by atoms with Gasteiger partial charge in [0.2, 0.25) is 0 Å². The highest BCUT2D eigenvalue weighted by Crippen LogP contribution is 2.37. The molecule has 0 fully saturated rings. The first-order valence-electron chi connectivity index (χ1n) is 5.53. The van der Waals surface area contributed by atoms with Gasteiger partial charge in [0, 0.05) is 10.8 Å². The fraction of sp³-hybridized carbons (Fsp3) is 0.417. The lowest BCUT2D eigenvalue weighted by molar-refractivity contribution is 0.362. The van der Waals surface area contributed by atoms with E-state index in [-0.39, 0.29) is 0 Å².